The number of nitrogens with zero attached hydrogens (tertiary/aromatic N) is 1. The molecule has 0 bridgehead atoms. The smallest absolute Gasteiger partial charge is 0.361 e. The van der Waals surface area contributed by atoms with Crippen LogP contribution in [0.4, 0.5) is 0 Å². The third-order valence-electron chi connectivity index (χ3n) is 17.8. The number of aliphatic carboxylic acids is 1. The van der Waals surface area contributed by atoms with Gasteiger partial charge in [0, 0.05) is 12.8 Å². The van der Waals surface area contributed by atoms with Crippen LogP contribution in [0.2, 0.25) is 0 Å². The number of hydrogen-bond donors (Lipinski definition) is 1. The van der Waals surface area contributed by atoms with Crippen molar-refractivity contribution in [3.8, 4) is 0 Å². The van der Waals surface area contributed by atoms with Gasteiger partial charge in [0.1, 0.15) is 13.2 Å². The van der Waals surface area contributed by atoms with Crippen molar-refractivity contribution in [3.05, 3.63) is 109 Å². The topological polar surface area (TPSA) is 108 Å². The van der Waals surface area contributed by atoms with Gasteiger partial charge in [-0.05, 0) is 83.5 Å². The average Bonchev–Trinajstić information content (AvgIpc) is 2.74. The Bertz CT molecular complexity index is 1950. The van der Waals surface area contributed by atoms with E-state index in [1.807, 2.05) is 21.1 Å². The van der Waals surface area contributed by atoms with Crippen molar-refractivity contribution in [1.29, 1.82) is 0 Å². The van der Waals surface area contributed by atoms with Crippen LogP contribution in [0.3, 0.4) is 0 Å². The van der Waals surface area contributed by atoms with Crippen LogP contribution in [-0.4, -0.2) is 87.4 Å². The molecular formula is C87H154NO8+. The molecule has 0 saturated carbocycles. The summed E-state index contributed by atoms with van der Waals surface area (Å²) in [4.78, 5) is 37.7. The van der Waals surface area contributed by atoms with Gasteiger partial charge in [0.2, 0.25) is 0 Å². The molecule has 2 atom stereocenters. The van der Waals surface area contributed by atoms with E-state index in [0.29, 0.717) is 23.9 Å². The molecule has 0 aliphatic heterocycles. The molecule has 0 aromatic rings. The quantitative estimate of drug-likeness (QED) is 0.0211. The van der Waals surface area contributed by atoms with Gasteiger partial charge in [-0.2, -0.15) is 0 Å². The highest BCUT2D eigenvalue weighted by atomic mass is 16.7. The molecule has 96 heavy (non-hydrogen) atoms. The van der Waals surface area contributed by atoms with Crippen molar-refractivity contribution in [2.75, 3.05) is 47.5 Å². The lowest BCUT2D eigenvalue weighted by Crippen LogP contribution is -2.40. The lowest BCUT2D eigenvalue weighted by molar-refractivity contribution is -0.870. The second-order valence-corrected chi connectivity index (χ2v) is 28.4. The summed E-state index contributed by atoms with van der Waals surface area (Å²) in [6.45, 7) is 4.80. The Morgan fingerprint density at radius 3 is 0.885 bits per heavy atom. The highest BCUT2D eigenvalue weighted by molar-refractivity contribution is 5.71. The first-order valence-electron chi connectivity index (χ1n) is 40.6. The Labute approximate surface area is 594 Å². The molecule has 0 fully saturated rings. The van der Waals surface area contributed by atoms with Gasteiger partial charge >= 0.3 is 17.9 Å². The second kappa shape index (κ2) is 76.7. The number of rotatable bonds is 75. The predicted octanol–water partition coefficient (Wildman–Crippen LogP) is 26.1. The largest absolute Gasteiger partial charge is 0.477 e. The standard InChI is InChI=1S/C87H153NO8/c1-6-8-10-12-14-16-18-20-22-24-26-28-30-32-34-36-38-40-42-43-44-46-48-50-52-54-56-58-60-62-64-66-68-70-72-74-76-78-85(90)96-83(82-95-87(86(91)92)93-80-79-88(3,4)5)81-94-84(89)77-75-73-71-69-67-65-63-61-59-57-55-53-51-49-47-45-41-39-37-35-33-31-29-27-25-23-21-19-17-15-13-11-9-7-2/h8,10,14,16,20,22,26,28,32,34,38,40,43-44,48,50,54,56,83,87H,6-7,9,11-13,15,17-19,21,23-25,27,29-31,33,35-37,39,41-42,45-47,49,51-53,55,57-82H2,1-5H3/p+1/b10-8-,16-14-,22-20-,28-26-,34-32-,40-38-,44-43-,50-48-,56-54-. The molecule has 0 rings (SSSR count). The summed E-state index contributed by atoms with van der Waals surface area (Å²) in [6, 6.07) is 0. The number of ether oxygens (including phenoxy) is 4. The zero-order valence-electron chi connectivity index (χ0n) is 63.5. The fourth-order valence-corrected chi connectivity index (χ4v) is 11.7. The minimum atomic E-state index is -1.52. The summed E-state index contributed by atoms with van der Waals surface area (Å²) in [6.07, 6.45) is 105. The van der Waals surface area contributed by atoms with Crippen molar-refractivity contribution in [3.63, 3.8) is 0 Å². The van der Waals surface area contributed by atoms with Gasteiger partial charge in [-0.15, -0.1) is 0 Å². The van der Waals surface area contributed by atoms with E-state index in [-0.39, 0.29) is 32.2 Å². The number of allylic oxidation sites excluding steroid dienone is 18. The van der Waals surface area contributed by atoms with E-state index >= 15 is 0 Å². The van der Waals surface area contributed by atoms with Crippen molar-refractivity contribution < 1.29 is 42.9 Å². The van der Waals surface area contributed by atoms with Crippen LogP contribution in [0, 0.1) is 0 Å². The SMILES string of the molecule is CC/C=C\C/C=C\C/C=C\C/C=C\C/C=C\C/C=C\C/C=C\C/C=C\C/C=C\CCCCCCCCCCCC(=O)OC(COC(=O)CCCCCCCCCCCCCCCCCCCCCCCCCCCCCCCCCCCC)COC(OCC[N+](C)(C)C)C(=O)O. The predicted molar refractivity (Wildman–Crippen MR) is 415 cm³/mol. The molecule has 0 aromatic heterocycles. The van der Waals surface area contributed by atoms with Crippen molar-refractivity contribution in [2.24, 2.45) is 0 Å². The lowest BCUT2D eigenvalue weighted by atomic mass is 10.0. The van der Waals surface area contributed by atoms with E-state index in [2.05, 4.69) is 123 Å². The lowest BCUT2D eigenvalue weighted by Gasteiger charge is -2.25. The van der Waals surface area contributed by atoms with Crippen molar-refractivity contribution in [2.45, 2.75) is 379 Å². The van der Waals surface area contributed by atoms with Crippen LogP contribution in [0.5, 0.6) is 0 Å². The van der Waals surface area contributed by atoms with Crippen LogP contribution in [-0.2, 0) is 33.3 Å². The molecule has 9 nitrogen and oxygen atoms in total. The maximum absolute atomic E-state index is 13.0. The molecule has 0 aromatic carbocycles. The molecule has 0 amide bonds. The summed E-state index contributed by atoms with van der Waals surface area (Å²) in [5.41, 5.74) is 0. The number of carboxylic acids is 1. The van der Waals surface area contributed by atoms with Crippen LogP contribution in [0.1, 0.15) is 367 Å². The van der Waals surface area contributed by atoms with Gasteiger partial charge in [0.05, 0.1) is 34.4 Å². The molecule has 0 saturated heterocycles. The Balaban J connectivity index is 4.06. The van der Waals surface area contributed by atoms with Crippen LogP contribution >= 0.6 is 0 Å². The first-order chi connectivity index (χ1) is 47.1. The molecule has 0 radical (unpaired) electrons. The minimum absolute atomic E-state index is 0.184. The molecular weight excluding hydrogens is 1190 g/mol. The Kier molecular flexibility index (Phi) is 73.5. The van der Waals surface area contributed by atoms with E-state index in [1.54, 1.807) is 0 Å². The van der Waals surface area contributed by atoms with E-state index in [9.17, 15) is 19.5 Å². The fourth-order valence-electron chi connectivity index (χ4n) is 11.7. The van der Waals surface area contributed by atoms with Gasteiger partial charge in [-0.25, -0.2) is 4.79 Å². The molecule has 1 N–H and O–H groups in total. The van der Waals surface area contributed by atoms with Crippen molar-refractivity contribution in [1.82, 2.24) is 0 Å². The number of carboxylic acid groups (broad SMARTS) is 1. The molecule has 554 valence electrons. The maximum atomic E-state index is 13.0. The summed E-state index contributed by atoms with van der Waals surface area (Å²) in [7, 11) is 5.98. The molecule has 0 spiro atoms. The van der Waals surface area contributed by atoms with Gasteiger partial charge in [-0.1, -0.05) is 380 Å². The summed E-state index contributed by atoms with van der Waals surface area (Å²) < 4.78 is 23.0. The molecule has 0 aliphatic rings. The van der Waals surface area contributed by atoms with Gasteiger partial charge in [-0.3, -0.25) is 9.59 Å². The zero-order chi connectivity index (χ0) is 69.7. The third-order valence-corrected chi connectivity index (χ3v) is 17.8. The average molecular weight is 1340 g/mol. The van der Waals surface area contributed by atoms with Crippen molar-refractivity contribution >= 4 is 17.9 Å². The second-order valence-electron chi connectivity index (χ2n) is 28.4. The molecule has 0 aliphatic carbocycles. The summed E-state index contributed by atoms with van der Waals surface area (Å²) in [5, 5.41) is 9.78. The van der Waals surface area contributed by atoms with Crippen LogP contribution < -0.4 is 0 Å². The highest BCUT2D eigenvalue weighted by Crippen LogP contribution is 2.19. The van der Waals surface area contributed by atoms with E-state index < -0.39 is 24.3 Å². The Hall–Kier alpha value is -4.05. The van der Waals surface area contributed by atoms with Gasteiger partial charge in [0.25, 0.3) is 6.29 Å². The Morgan fingerprint density at radius 2 is 0.594 bits per heavy atom. The third kappa shape index (κ3) is 77.3. The number of esters is 2. The fraction of sp³-hybridized carbons (Fsp3) is 0.759. The molecule has 2 unspecified atom stereocenters. The van der Waals surface area contributed by atoms with Crippen LogP contribution in [0.15, 0.2) is 109 Å². The highest BCUT2D eigenvalue weighted by Gasteiger charge is 2.25. The van der Waals surface area contributed by atoms with E-state index in [1.165, 1.54) is 231 Å². The van der Waals surface area contributed by atoms with Gasteiger partial charge in [0.15, 0.2) is 6.10 Å². The van der Waals surface area contributed by atoms with Crippen LogP contribution in [0.25, 0.3) is 0 Å². The normalized spacial score (nSPS) is 13.2. The first-order valence-corrected chi connectivity index (χ1v) is 40.6. The number of hydrogen-bond acceptors (Lipinski definition) is 7. The molecule has 0 heterocycles. The Morgan fingerprint density at radius 1 is 0.323 bits per heavy atom. The number of unbranched alkanes of at least 4 members (excludes halogenated alkanes) is 42. The first kappa shape index (κ1) is 92.0. The number of likely N-dealkylation sites (N-methyl/N-ethyl adjacent to an activating group) is 1. The monoisotopic (exact) mass is 1340 g/mol. The van der Waals surface area contributed by atoms with Gasteiger partial charge < -0.3 is 28.5 Å². The number of carbonyl (C=O) groups excluding carboxylic acids is 2. The molecule has 9 heteroatoms. The van der Waals surface area contributed by atoms with E-state index in [0.717, 1.165) is 103 Å². The summed E-state index contributed by atoms with van der Waals surface area (Å²) in [5.74, 6) is -2.00. The number of quaternary nitrogens is 1. The van der Waals surface area contributed by atoms with E-state index in [4.69, 9.17) is 18.9 Å². The number of carbonyl (C=O) groups is 3. The summed E-state index contributed by atoms with van der Waals surface area (Å²) >= 11 is 0. The minimum Gasteiger partial charge on any atom is -0.477 e. The zero-order valence-corrected chi connectivity index (χ0v) is 63.5. The maximum Gasteiger partial charge on any atom is 0.361 e.